The van der Waals surface area contributed by atoms with Crippen LogP contribution >= 0.6 is 0 Å². The van der Waals surface area contributed by atoms with E-state index in [2.05, 4.69) is 71.0 Å². The van der Waals surface area contributed by atoms with Crippen molar-refractivity contribution in [2.45, 2.75) is 46.0 Å². The van der Waals surface area contributed by atoms with Crippen LogP contribution in [0.25, 0.3) is 21.9 Å². The second kappa shape index (κ2) is 4.37. The zero-order valence-corrected chi connectivity index (χ0v) is 12.9. The van der Waals surface area contributed by atoms with E-state index in [0.29, 0.717) is 5.92 Å². The van der Waals surface area contributed by atoms with Gasteiger partial charge < -0.3 is 4.42 Å². The van der Waals surface area contributed by atoms with Gasteiger partial charge in [-0.3, -0.25) is 0 Å². The molecule has 0 fully saturated rings. The summed E-state index contributed by atoms with van der Waals surface area (Å²) < 4.78 is 6.08. The average molecular weight is 266 g/mol. The van der Waals surface area contributed by atoms with Gasteiger partial charge in [-0.05, 0) is 34.6 Å². The third-order valence-electron chi connectivity index (χ3n) is 4.03. The van der Waals surface area contributed by atoms with Gasteiger partial charge in [0.15, 0.2) is 0 Å². The summed E-state index contributed by atoms with van der Waals surface area (Å²) in [5.74, 6) is 0.526. The molecule has 2 aromatic carbocycles. The Kier molecular flexibility index (Phi) is 2.89. The first-order valence-electron chi connectivity index (χ1n) is 7.33. The molecule has 0 aliphatic carbocycles. The zero-order valence-electron chi connectivity index (χ0n) is 12.9. The Hall–Kier alpha value is -1.76. The van der Waals surface area contributed by atoms with E-state index in [1.54, 1.807) is 0 Å². The first-order chi connectivity index (χ1) is 9.36. The van der Waals surface area contributed by atoms with Gasteiger partial charge in [-0.15, -0.1) is 0 Å². The third-order valence-corrected chi connectivity index (χ3v) is 4.03. The van der Waals surface area contributed by atoms with E-state index in [4.69, 9.17) is 4.42 Å². The standard InChI is InChI=1S/C19H22O/c1-12(2)13-6-8-15-16-9-7-14(19(3,4)5)11-18(16)20-17(15)10-13/h6-12H,1-5H3. The number of hydrogen-bond acceptors (Lipinski definition) is 1. The molecule has 3 rings (SSSR count). The highest BCUT2D eigenvalue weighted by atomic mass is 16.3. The van der Waals surface area contributed by atoms with Gasteiger partial charge >= 0.3 is 0 Å². The Labute approximate surface area is 120 Å². The van der Waals surface area contributed by atoms with Crippen LogP contribution in [0.4, 0.5) is 0 Å². The molecule has 1 aromatic heterocycles. The molecule has 0 amide bonds. The topological polar surface area (TPSA) is 13.1 Å². The largest absolute Gasteiger partial charge is 0.456 e. The van der Waals surface area contributed by atoms with Gasteiger partial charge in [0.05, 0.1) is 0 Å². The minimum Gasteiger partial charge on any atom is -0.456 e. The molecule has 0 aliphatic rings. The van der Waals surface area contributed by atoms with Crippen LogP contribution in [0.1, 0.15) is 51.7 Å². The second-order valence-corrected chi connectivity index (χ2v) is 6.97. The van der Waals surface area contributed by atoms with E-state index in [1.807, 2.05) is 0 Å². The molecule has 0 saturated carbocycles. The summed E-state index contributed by atoms with van der Waals surface area (Å²) in [6, 6.07) is 13.2. The molecule has 0 aliphatic heterocycles. The van der Waals surface area contributed by atoms with Crippen molar-refractivity contribution in [3.05, 3.63) is 47.5 Å². The molecule has 0 bridgehead atoms. The number of benzene rings is 2. The van der Waals surface area contributed by atoms with E-state index < -0.39 is 0 Å². The molecule has 0 spiro atoms. The Balaban J connectivity index is 2.25. The molecular formula is C19H22O. The predicted molar refractivity (Wildman–Crippen MR) is 86.5 cm³/mol. The second-order valence-electron chi connectivity index (χ2n) is 6.97. The molecule has 1 nitrogen and oxygen atoms in total. The Bertz CT molecular complexity index is 769. The quantitative estimate of drug-likeness (QED) is 0.526. The molecule has 3 aromatic rings. The zero-order chi connectivity index (χ0) is 14.5. The van der Waals surface area contributed by atoms with Crippen LogP contribution in [0.3, 0.4) is 0 Å². The number of rotatable bonds is 1. The maximum atomic E-state index is 6.08. The predicted octanol–water partition coefficient (Wildman–Crippen LogP) is 6.01. The van der Waals surface area contributed by atoms with Gasteiger partial charge in [0.2, 0.25) is 0 Å². The molecule has 0 atom stereocenters. The minimum absolute atomic E-state index is 0.149. The molecular weight excluding hydrogens is 244 g/mol. The van der Waals surface area contributed by atoms with Crippen LogP contribution in [0.2, 0.25) is 0 Å². The van der Waals surface area contributed by atoms with Gasteiger partial charge in [0.25, 0.3) is 0 Å². The van der Waals surface area contributed by atoms with Crippen molar-refractivity contribution in [3.8, 4) is 0 Å². The molecule has 1 heteroatoms. The fraction of sp³-hybridized carbons (Fsp3) is 0.368. The van der Waals surface area contributed by atoms with Crippen molar-refractivity contribution >= 4 is 21.9 Å². The number of furan rings is 1. The van der Waals surface area contributed by atoms with Gasteiger partial charge in [-0.25, -0.2) is 0 Å². The molecule has 104 valence electrons. The first-order valence-corrected chi connectivity index (χ1v) is 7.33. The lowest BCUT2D eigenvalue weighted by Gasteiger charge is -2.18. The molecule has 0 saturated heterocycles. The maximum absolute atomic E-state index is 6.08. The van der Waals surface area contributed by atoms with Crippen molar-refractivity contribution < 1.29 is 4.42 Å². The van der Waals surface area contributed by atoms with Gasteiger partial charge in [-0.1, -0.05) is 58.9 Å². The summed E-state index contributed by atoms with van der Waals surface area (Å²) >= 11 is 0. The van der Waals surface area contributed by atoms with Crippen molar-refractivity contribution in [1.82, 2.24) is 0 Å². The molecule has 1 heterocycles. The van der Waals surface area contributed by atoms with Gasteiger partial charge in [-0.2, -0.15) is 0 Å². The van der Waals surface area contributed by atoms with Crippen molar-refractivity contribution in [2.24, 2.45) is 0 Å². The highest BCUT2D eigenvalue weighted by Gasteiger charge is 2.16. The summed E-state index contributed by atoms with van der Waals surface area (Å²) in [5.41, 5.74) is 4.78. The van der Waals surface area contributed by atoms with Crippen molar-refractivity contribution in [1.29, 1.82) is 0 Å². The van der Waals surface area contributed by atoms with Crippen LogP contribution in [0, 0.1) is 0 Å². The number of hydrogen-bond donors (Lipinski definition) is 0. The van der Waals surface area contributed by atoms with Crippen molar-refractivity contribution in [3.63, 3.8) is 0 Å². The number of fused-ring (bicyclic) bond motifs is 3. The van der Waals surface area contributed by atoms with E-state index in [-0.39, 0.29) is 5.41 Å². The monoisotopic (exact) mass is 266 g/mol. The lowest BCUT2D eigenvalue weighted by molar-refractivity contribution is 0.587. The van der Waals surface area contributed by atoms with Crippen molar-refractivity contribution in [2.75, 3.05) is 0 Å². The fourth-order valence-corrected chi connectivity index (χ4v) is 2.62. The average Bonchev–Trinajstić information content (AvgIpc) is 2.73. The smallest absolute Gasteiger partial charge is 0.135 e. The van der Waals surface area contributed by atoms with Crippen LogP contribution in [0.5, 0.6) is 0 Å². The van der Waals surface area contributed by atoms with E-state index >= 15 is 0 Å². The first kappa shape index (κ1) is 13.2. The summed E-state index contributed by atoms with van der Waals surface area (Å²) in [6.07, 6.45) is 0. The van der Waals surface area contributed by atoms with Crippen LogP contribution in [-0.4, -0.2) is 0 Å². The summed E-state index contributed by atoms with van der Waals surface area (Å²) in [4.78, 5) is 0. The lowest BCUT2D eigenvalue weighted by atomic mass is 9.86. The molecule has 0 N–H and O–H groups in total. The Morgan fingerprint density at radius 3 is 2.05 bits per heavy atom. The van der Waals surface area contributed by atoms with E-state index in [0.717, 1.165) is 11.2 Å². The lowest BCUT2D eigenvalue weighted by Crippen LogP contribution is -2.10. The highest BCUT2D eigenvalue weighted by molar-refractivity contribution is 6.05. The van der Waals surface area contributed by atoms with Gasteiger partial charge in [0.1, 0.15) is 11.2 Å². The Morgan fingerprint density at radius 2 is 1.45 bits per heavy atom. The van der Waals surface area contributed by atoms with E-state index in [1.165, 1.54) is 21.9 Å². The molecule has 20 heavy (non-hydrogen) atoms. The van der Waals surface area contributed by atoms with Crippen LogP contribution < -0.4 is 0 Å². The SMILES string of the molecule is CC(C)c1ccc2c(c1)oc1cc(C(C)(C)C)ccc12. The summed E-state index contributed by atoms with van der Waals surface area (Å²) in [6.45, 7) is 11.1. The van der Waals surface area contributed by atoms with E-state index in [9.17, 15) is 0 Å². The van der Waals surface area contributed by atoms with Gasteiger partial charge in [0, 0.05) is 10.8 Å². The third kappa shape index (κ3) is 2.11. The summed E-state index contributed by atoms with van der Waals surface area (Å²) in [5, 5.41) is 2.42. The molecule has 0 radical (unpaired) electrons. The maximum Gasteiger partial charge on any atom is 0.135 e. The molecule has 0 unspecified atom stereocenters. The van der Waals surface area contributed by atoms with Crippen LogP contribution in [-0.2, 0) is 5.41 Å². The normalized spacial score (nSPS) is 12.7. The Morgan fingerprint density at radius 1 is 0.850 bits per heavy atom. The van der Waals surface area contributed by atoms with Crippen LogP contribution in [0.15, 0.2) is 40.8 Å². The summed E-state index contributed by atoms with van der Waals surface area (Å²) in [7, 11) is 0. The highest BCUT2D eigenvalue weighted by Crippen LogP contribution is 2.33. The fourth-order valence-electron chi connectivity index (χ4n) is 2.62. The minimum atomic E-state index is 0.149.